The van der Waals surface area contributed by atoms with Crippen molar-refractivity contribution in [2.24, 2.45) is 5.92 Å². The lowest BCUT2D eigenvalue weighted by atomic mass is 9.98. The minimum absolute atomic E-state index is 0.138. The molecule has 0 N–H and O–H groups in total. The molecule has 1 aromatic rings. The van der Waals surface area contributed by atoms with Gasteiger partial charge in [0.25, 0.3) is 5.91 Å². The van der Waals surface area contributed by atoms with Crippen molar-refractivity contribution in [2.45, 2.75) is 18.2 Å². The molecule has 1 aliphatic heterocycles. The number of carbonyl (C=O) groups is 1. The number of nitrogens with zero attached hydrogens (tertiary/aromatic N) is 1. The van der Waals surface area contributed by atoms with Gasteiger partial charge < -0.3 is 4.90 Å². The average Bonchev–Trinajstić information content (AvgIpc) is 2.35. The molecule has 2 unspecified atom stereocenters. The maximum atomic E-state index is 13.9. The SMILES string of the molecule is CC1CCN(C(=O)c2cccc(Br)c2F)CC1Br. The number of benzene rings is 1. The van der Waals surface area contributed by atoms with Crippen LogP contribution in [0, 0.1) is 11.7 Å². The fourth-order valence-electron chi connectivity index (χ4n) is 2.05. The third kappa shape index (κ3) is 2.77. The summed E-state index contributed by atoms with van der Waals surface area (Å²) in [5.74, 6) is -0.168. The number of amides is 1. The topological polar surface area (TPSA) is 20.3 Å². The Kier molecular flexibility index (Phi) is 4.43. The molecule has 1 aliphatic rings. The Balaban J connectivity index is 2.19. The number of hydrogen-bond donors (Lipinski definition) is 0. The minimum atomic E-state index is -0.479. The molecular weight excluding hydrogens is 365 g/mol. The van der Waals surface area contributed by atoms with Crippen LogP contribution in [0.25, 0.3) is 0 Å². The highest BCUT2D eigenvalue weighted by atomic mass is 79.9. The first-order chi connectivity index (χ1) is 8.50. The monoisotopic (exact) mass is 377 g/mol. The zero-order valence-corrected chi connectivity index (χ0v) is 13.2. The van der Waals surface area contributed by atoms with Crippen molar-refractivity contribution in [3.63, 3.8) is 0 Å². The van der Waals surface area contributed by atoms with Gasteiger partial charge in [-0.25, -0.2) is 4.39 Å². The Labute approximate surface area is 123 Å². The summed E-state index contributed by atoms with van der Waals surface area (Å²) >= 11 is 6.68. The van der Waals surface area contributed by atoms with Gasteiger partial charge in [0.1, 0.15) is 5.82 Å². The van der Waals surface area contributed by atoms with Crippen molar-refractivity contribution in [1.29, 1.82) is 0 Å². The van der Waals surface area contributed by atoms with Gasteiger partial charge in [0, 0.05) is 17.9 Å². The van der Waals surface area contributed by atoms with Crippen LogP contribution >= 0.6 is 31.9 Å². The Morgan fingerprint density at radius 1 is 1.50 bits per heavy atom. The van der Waals surface area contributed by atoms with Crippen LogP contribution in [0.2, 0.25) is 0 Å². The highest BCUT2D eigenvalue weighted by Gasteiger charge is 2.29. The van der Waals surface area contributed by atoms with Gasteiger partial charge in [-0.2, -0.15) is 0 Å². The summed E-state index contributed by atoms with van der Waals surface area (Å²) in [5, 5.41) is 0. The van der Waals surface area contributed by atoms with Crippen molar-refractivity contribution in [2.75, 3.05) is 13.1 Å². The van der Waals surface area contributed by atoms with Crippen LogP contribution in [0.4, 0.5) is 4.39 Å². The largest absolute Gasteiger partial charge is 0.337 e. The molecule has 1 heterocycles. The van der Waals surface area contributed by atoms with E-state index in [0.717, 1.165) is 6.42 Å². The number of halogens is 3. The number of rotatable bonds is 1. The second-order valence-electron chi connectivity index (χ2n) is 4.63. The lowest BCUT2D eigenvalue weighted by Gasteiger charge is -2.34. The summed E-state index contributed by atoms with van der Waals surface area (Å²) in [4.78, 5) is 14.3. The maximum Gasteiger partial charge on any atom is 0.256 e. The van der Waals surface area contributed by atoms with E-state index >= 15 is 0 Å². The van der Waals surface area contributed by atoms with E-state index in [1.54, 1.807) is 17.0 Å². The van der Waals surface area contributed by atoms with Crippen LogP contribution in [0.5, 0.6) is 0 Å². The molecule has 1 fully saturated rings. The Morgan fingerprint density at radius 2 is 2.22 bits per heavy atom. The molecule has 1 amide bonds. The van der Waals surface area contributed by atoms with E-state index in [1.807, 2.05) is 0 Å². The van der Waals surface area contributed by atoms with Gasteiger partial charge in [-0.1, -0.05) is 28.9 Å². The predicted molar refractivity (Wildman–Crippen MR) is 76.5 cm³/mol. The molecule has 2 nitrogen and oxygen atoms in total. The Hall–Kier alpha value is -0.420. The quantitative estimate of drug-likeness (QED) is 0.680. The number of piperidine rings is 1. The normalized spacial score (nSPS) is 24.1. The average molecular weight is 379 g/mol. The van der Waals surface area contributed by atoms with Crippen molar-refractivity contribution in [3.05, 3.63) is 34.1 Å². The second-order valence-corrected chi connectivity index (χ2v) is 6.66. The van der Waals surface area contributed by atoms with E-state index in [9.17, 15) is 9.18 Å². The highest BCUT2D eigenvalue weighted by Crippen LogP contribution is 2.26. The maximum absolute atomic E-state index is 13.9. The minimum Gasteiger partial charge on any atom is -0.337 e. The molecule has 0 bridgehead atoms. The van der Waals surface area contributed by atoms with Crippen LogP contribution in [-0.2, 0) is 0 Å². The molecule has 18 heavy (non-hydrogen) atoms. The van der Waals surface area contributed by atoms with Crippen LogP contribution in [-0.4, -0.2) is 28.7 Å². The number of likely N-dealkylation sites (tertiary alicyclic amines) is 1. The Bertz CT molecular complexity index is 466. The van der Waals surface area contributed by atoms with E-state index in [2.05, 4.69) is 38.8 Å². The van der Waals surface area contributed by atoms with E-state index in [4.69, 9.17) is 0 Å². The fraction of sp³-hybridized carbons (Fsp3) is 0.462. The lowest BCUT2D eigenvalue weighted by molar-refractivity contribution is 0.0701. The smallest absolute Gasteiger partial charge is 0.256 e. The van der Waals surface area contributed by atoms with E-state index in [1.165, 1.54) is 6.07 Å². The van der Waals surface area contributed by atoms with Crippen molar-refractivity contribution in [1.82, 2.24) is 4.90 Å². The zero-order valence-electron chi connectivity index (χ0n) is 10.00. The predicted octanol–water partition coefficient (Wildman–Crippen LogP) is 3.83. The second kappa shape index (κ2) is 5.70. The van der Waals surface area contributed by atoms with E-state index < -0.39 is 5.82 Å². The number of alkyl halides is 1. The number of hydrogen-bond acceptors (Lipinski definition) is 1. The molecule has 2 rings (SSSR count). The van der Waals surface area contributed by atoms with Gasteiger partial charge in [-0.3, -0.25) is 4.79 Å². The van der Waals surface area contributed by atoms with Gasteiger partial charge >= 0.3 is 0 Å². The molecule has 0 spiro atoms. The molecule has 0 aromatic heterocycles. The van der Waals surface area contributed by atoms with Crippen LogP contribution in [0.15, 0.2) is 22.7 Å². The van der Waals surface area contributed by atoms with Gasteiger partial charge in [0.15, 0.2) is 0 Å². The standard InChI is InChI=1S/C13H14Br2FNO/c1-8-5-6-17(7-11(8)15)13(18)9-3-2-4-10(14)12(9)16/h2-4,8,11H,5-7H2,1H3. The molecule has 1 aromatic carbocycles. The highest BCUT2D eigenvalue weighted by molar-refractivity contribution is 9.10. The molecule has 0 saturated carbocycles. The summed E-state index contributed by atoms with van der Waals surface area (Å²) in [6.07, 6.45) is 0.942. The molecule has 2 atom stereocenters. The summed E-state index contributed by atoms with van der Waals surface area (Å²) in [7, 11) is 0. The summed E-state index contributed by atoms with van der Waals surface area (Å²) in [6.45, 7) is 3.47. The van der Waals surface area contributed by atoms with Crippen LogP contribution in [0.3, 0.4) is 0 Å². The van der Waals surface area contributed by atoms with Gasteiger partial charge in [0.05, 0.1) is 10.0 Å². The summed E-state index contributed by atoms with van der Waals surface area (Å²) < 4.78 is 14.2. The summed E-state index contributed by atoms with van der Waals surface area (Å²) in [5.41, 5.74) is 0.138. The lowest BCUT2D eigenvalue weighted by Crippen LogP contribution is -2.43. The third-order valence-electron chi connectivity index (χ3n) is 3.34. The molecular formula is C13H14Br2FNO. The van der Waals surface area contributed by atoms with Gasteiger partial charge in [-0.15, -0.1) is 0 Å². The summed E-state index contributed by atoms with van der Waals surface area (Å²) in [6, 6.07) is 4.81. The molecule has 0 radical (unpaired) electrons. The first-order valence-electron chi connectivity index (χ1n) is 5.88. The molecule has 98 valence electrons. The molecule has 1 saturated heterocycles. The van der Waals surface area contributed by atoms with Crippen LogP contribution < -0.4 is 0 Å². The van der Waals surface area contributed by atoms with Gasteiger partial charge in [0.2, 0.25) is 0 Å². The third-order valence-corrected chi connectivity index (χ3v) is 5.14. The van der Waals surface area contributed by atoms with Crippen molar-refractivity contribution < 1.29 is 9.18 Å². The number of carbonyl (C=O) groups excluding carboxylic acids is 1. The first kappa shape index (κ1) is 14.0. The van der Waals surface area contributed by atoms with E-state index in [-0.39, 0.29) is 16.3 Å². The van der Waals surface area contributed by atoms with E-state index in [0.29, 0.717) is 23.5 Å². The first-order valence-corrected chi connectivity index (χ1v) is 7.59. The Morgan fingerprint density at radius 3 is 2.89 bits per heavy atom. The molecule has 5 heteroatoms. The fourth-order valence-corrected chi connectivity index (χ4v) is 3.03. The van der Waals surface area contributed by atoms with Crippen molar-refractivity contribution >= 4 is 37.8 Å². The van der Waals surface area contributed by atoms with Crippen molar-refractivity contribution in [3.8, 4) is 0 Å². The zero-order chi connectivity index (χ0) is 13.3. The van der Waals surface area contributed by atoms with Gasteiger partial charge in [-0.05, 0) is 40.4 Å². The van der Waals surface area contributed by atoms with Crippen LogP contribution in [0.1, 0.15) is 23.7 Å². The molecule has 0 aliphatic carbocycles.